The summed E-state index contributed by atoms with van der Waals surface area (Å²) in [6.45, 7) is 5.48. The zero-order valence-electron chi connectivity index (χ0n) is 16.1. The lowest BCUT2D eigenvalue weighted by Gasteiger charge is -2.27. The molecule has 1 saturated heterocycles. The summed E-state index contributed by atoms with van der Waals surface area (Å²) in [5, 5.41) is 0. The van der Waals surface area contributed by atoms with Crippen molar-refractivity contribution in [2.75, 3.05) is 13.7 Å². The largest absolute Gasteiger partial charge is 0.467 e. The fourth-order valence-corrected chi connectivity index (χ4v) is 2.65. The van der Waals surface area contributed by atoms with E-state index in [9.17, 15) is 14.4 Å². The van der Waals surface area contributed by atoms with Gasteiger partial charge in [0.25, 0.3) is 0 Å². The van der Waals surface area contributed by atoms with Crippen LogP contribution < -0.4 is 0 Å². The van der Waals surface area contributed by atoms with Crippen LogP contribution in [-0.4, -0.2) is 48.2 Å². The fraction of sp³-hybridized carbons (Fsp3) is 0.450. The molecule has 7 nitrogen and oxygen atoms in total. The summed E-state index contributed by atoms with van der Waals surface area (Å²) in [4.78, 5) is 37.8. The summed E-state index contributed by atoms with van der Waals surface area (Å²) in [6.07, 6.45) is 0.897. The first-order valence-corrected chi connectivity index (χ1v) is 8.67. The molecule has 0 bridgehead atoms. The number of rotatable bonds is 4. The van der Waals surface area contributed by atoms with Gasteiger partial charge in [-0.1, -0.05) is 30.3 Å². The molecule has 0 aliphatic carbocycles. The molecule has 1 atom stereocenters. The van der Waals surface area contributed by atoms with Crippen LogP contribution in [0, 0.1) is 0 Å². The average Bonchev–Trinajstić information content (AvgIpc) is 3.02. The van der Waals surface area contributed by atoms with Crippen molar-refractivity contribution in [3.63, 3.8) is 0 Å². The van der Waals surface area contributed by atoms with Gasteiger partial charge in [0.05, 0.1) is 7.11 Å². The molecular weight excluding hydrogens is 350 g/mol. The van der Waals surface area contributed by atoms with E-state index in [1.807, 2.05) is 30.3 Å². The Labute approximate surface area is 158 Å². The molecule has 0 radical (unpaired) electrons. The highest BCUT2D eigenvalue weighted by Crippen LogP contribution is 2.26. The Balaban J connectivity index is 2.04. The molecular formula is C20H25NO6. The van der Waals surface area contributed by atoms with Gasteiger partial charge in [0.2, 0.25) is 0 Å². The van der Waals surface area contributed by atoms with Gasteiger partial charge in [-0.2, -0.15) is 0 Å². The Morgan fingerprint density at radius 1 is 1.19 bits per heavy atom. The molecule has 1 aliphatic rings. The number of carbonyl (C=O) groups excluding carboxylic acids is 3. The lowest BCUT2D eigenvalue weighted by atomic mass is 10.1. The van der Waals surface area contributed by atoms with Crippen LogP contribution in [0.2, 0.25) is 0 Å². The van der Waals surface area contributed by atoms with Crippen LogP contribution in [0.15, 0.2) is 42.0 Å². The summed E-state index contributed by atoms with van der Waals surface area (Å²) < 4.78 is 15.3. The van der Waals surface area contributed by atoms with Crippen LogP contribution in [0.25, 0.3) is 0 Å². The van der Waals surface area contributed by atoms with Crippen molar-refractivity contribution in [2.24, 2.45) is 0 Å². The molecule has 1 fully saturated rings. The highest BCUT2D eigenvalue weighted by Gasteiger charge is 2.39. The highest BCUT2D eigenvalue weighted by atomic mass is 16.6. The Kier molecular flexibility index (Phi) is 6.60. The number of nitrogens with zero attached hydrogens (tertiary/aromatic N) is 1. The number of hydrogen-bond acceptors (Lipinski definition) is 6. The number of esters is 2. The predicted molar refractivity (Wildman–Crippen MR) is 97.7 cm³/mol. The van der Waals surface area contributed by atoms with Gasteiger partial charge in [0.15, 0.2) is 0 Å². The Morgan fingerprint density at radius 3 is 2.44 bits per heavy atom. The zero-order chi connectivity index (χ0) is 20.0. The number of benzene rings is 1. The fourth-order valence-electron chi connectivity index (χ4n) is 2.65. The molecule has 7 heteroatoms. The lowest BCUT2D eigenvalue weighted by Crippen LogP contribution is -2.43. The van der Waals surface area contributed by atoms with Crippen molar-refractivity contribution in [2.45, 2.75) is 45.4 Å². The molecule has 0 spiro atoms. The number of carbonyl (C=O) groups is 3. The first-order chi connectivity index (χ1) is 12.7. The van der Waals surface area contributed by atoms with Crippen molar-refractivity contribution < 1.29 is 28.6 Å². The van der Waals surface area contributed by atoms with Gasteiger partial charge < -0.3 is 14.2 Å². The first kappa shape index (κ1) is 20.5. The average molecular weight is 375 g/mol. The second-order valence-corrected chi connectivity index (χ2v) is 7.25. The van der Waals surface area contributed by atoms with Crippen LogP contribution >= 0.6 is 0 Å². The van der Waals surface area contributed by atoms with E-state index in [0.717, 1.165) is 5.56 Å². The maximum Gasteiger partial charge on any atom is 0.411 e. The highest BCUT2D eigenvalue weighted by molar-refractivity contribution is 5.86. The molecule has 27 heavy (non-hydrogen) atoms. The summed E-state index contributed by atoms with van der Waals surface area (Å²) >= 11 is 0. The van der Waals surface area contributed by atoms with E-state index in [4.69, 9.17) is 14.2 Å². The number of amides is 1. The van der Waals surface area contributed by atoms with E-state index in [1.54, 1.807) is 20.8 Å². The smallest absolute Gasteiger partial charge is 0.411 e. The molecule has 1 heterocycles. The van der Waals surface area contributed by atoms with E-state index in [0.29, 0.717) is 5.57 Å². The van der Waals surface area contributed by atoms with Crippen LogP contribution in [0.5, 0.6) is 0 Å². The van der Waals surface area contributed by atoms with E-state index >= 15 is 0 Å². The molecule has 1 unspecified atom stereocenters. The normalized spacial score (nSPS) is 18.3. The van der Waals surface area contributed by atoms with Gasteiger partial charge in [-0.25, -0.2) is 14.4 Å². The van der Waals surface area contributed by atoms with Crippen LogP contribution in [0.4, 0.5) is 4.79 Å². The standard InChI is InChI=1S/C20H25NO6/c1-20(2,3)27-19(24)21-12-15(10-16(21)18(23)25-4)11-17(22)26-13-14-8-6-5-7-9-14/h5-9,11,16H,10,12-13H2,1-4H3/b15-11-. The minimum atomic E-state index is -0.821. The van der Waals surface area contributed by atoms with Gasteiger partial charge in [-0.3, -0.25) is 4.90 Å². The number of ether oxygens (including phenoxy) is 3. The topological polar surface area (TPSA) is 82.1 Å². The van der Waals surface area contributed by atoms with Crippen molar-refractivity contribution in [1.82, 2.24) is 4.90 Å². The molecule has 0 N–H and O–H groups in total. The zero-order valence-corrected chi connectivity index (χ0v) is 16.1. The third-order valence-electron chi connectivity index (χ3n) is 3.85. The van der Waals surface area contributed by atoms with Crippen molar-refractivity contribution in [3.8, 4) is 0 Å². The molecule has 2 rings (SSSR count). The third kappa shape index (κ3) is 6.13. The van der Waals surface area contributed by atoms with E-state index in [-0.39, 0.29) is 19.6 Å². The van der Waals surface area contributed by atoms with Crippen LogP contribution in [-0.2, 0) is 30.4 Å². The SMILES string of the molecule is COC(=O)C1C/C(=C/C(=O)OCc2ccccc2)CN1C(=O)OC(C)(C)C. The first-order valence-electron chi connectivity index (χ1n) is 8.67. The molecule has 1 aromatic rings. The lowest BCUT2D eigenvalue weighted by molar-refractivity contribution is -0.145. The van der Waals surface area contributed by atoms with E-state index in [2.05, 4.69) is 0 Å². The van der Waals surface area contributed by atoms with Crippen LogP contribution in [0.1, 0.15) is 32.8 Å². The Bertz CT molecular complexity index is 720. The van der Waals surface area contributed by atoms with Gasteiger partial charge in [-0.15, -0.1) is 0 Å². The molecule has 1 aliphatic heterocycles. The number of hydrogen-bond donors (Lipinski definition) is 0. The van der Waals surface area contributed by atoms with Crippen LogP contribution in [0.3, 0.4) is 0 Å². The predicted octanol–water partition coefficient (Wildman–Crippen LogP) is 2.84. The number of likely N-dealkylation sites (tertiary alicyclic amines) is 1. The minimum Gasteiger partial charge on any atom is -0.467 e. The maximum atomic E-state index is 12.4. The Morgan fingerprint density at radius 2 is 1.85 bits per heavy atom. The van der Waals surface area contributed by atoms with Gasteiger partial charge in [0, 0.05) is 19.0 Å². The molecule has 146 valence electrons. The second-order valence-electron chi connectivity index (χ2n) is 7.25. The van der Waals surface area contributed by atoms with Gasteiger partial charge in [0.1, 0.15) is 18.2 Å². The monoisotopic (exact) mass is 375 g/mol. The molecule has 0 saturated carbocycles. The third-order valence-corrected chi connectivity index (χ3v) is 3.85. The Hall–Kier alpha value is -2.83. The minimum absolute atomic E-state index is 0.106. The van der Waals surface area contributed by atoms with Crippen molar-refractivity contribution >= 4 is 18.0 Å². The maximum absolute atomic E-state index is 12.4. The van der Waals surface area contributed by atoms with Crippen molar-refractivity contribution in [3.05, 3.63) is 47.5 Å². The summed E-state index contributed by atoms with van der Waals surface area (Å²) in [5.41, 5.74) is 0.784. The second kappa shape index (κ2) is 8.70. The summed E-state index contributed by atoms with van der Waals surface area (Å²) in [7, 11) is 1.26. The number of methoxy groups -OCH3 is 1. The van der Waals surface area contributed by atoms with Gasteiger partial charge >= 0.3 is 18.0 Å². The quantitative estimate of drug-likeness (QED) is 0.457. The molecule has 1 amide bonds. The van der Waals surface area contributed by atoms with Crippen molar-refractivity contribution in [1.29, 1.82) is 0 Å². The van der Waals surface area contributed by atoms with E-state index < -0.39 is 29.7 Å². The molecule has 0 aromatic heterocycles. The van der Waals surface area contributed by atoms with E-state index in [1.165, 1.54) is 18.1 Å². The molecule has 1 aromatic carbocycles. The summed E-state index contributed by atoms with van der Waals surface area (Å²) in [6, 6.07) is 8.49. The van der Waals surface area contributed by atoms with Gasteiger partial charge in [-0.05, 0) is 31.9 Å². The summed E-state index contributed by atoms with van der Waals surface area (Å²) in [5.74, 6) is -1.08.